The number of esters is 2. The van der Waals surface area contributed by atoms with Gasteiger partial charge in [0.05, 0.1) is 6.61 Å². The number of hydrogen-bond donors (Lipinski definition) is 0. The summed E-state index contributed by atoms with van der Waals surface area (Å²) in [6, 6.07) is 5.63. The summed E-state index contributed by atoms with van der Waals surface area (Å²) in [7, 11) is 0. The minimum absolute atomic E-state index is 0.393. The fraction of sp³-hybridized carbons (Fsp3) is 0.545. The molecule has 144 valence electrons. The second kappa shape index (κ2) is 13.2. The maximum atomic E-state index is 11.8. The van der Waals surface area contributed by atoms with Crippen molar-refractivity contribution in [1.82, 2.24) is 0 Å². The Balaban J connectivity index is 2.16. The number of unbranched alkanes of at least 4 members (excludes halogenated alkanes) is 7. The molecule has 0 aliphatic rings. The number of ether oxygens (including phenoxy) is 2. The van der Waals surface area contributed by atoms with Crippen LogP contribution in [0, 0.1) is 13.8 Å². The van der Waals surface area contributed by atoms with Crippen molar-refractivity contribution >= 4 is 11.9 Å². The van der Waals surface area contributed by atoms with Gasteiger partial charge in [0.25, 0.3) is 0 Å². The zero-order valence-electron chi connectivity index (χ0n) is 16.4. The molecular formula is C22H32O4. The quantitative estimate of drug-likeness (QED) is 0.215. The van der Waals surface area contributed by atoms with Crippen LogP contribution in [0.15, 0.2) is 30.4 Å². The van der Waals surface area contributed by atoms with Gasteiger partial charge in [0.2, 0.25) is 0 Å². The number of aryl methyl sites for hydroxylation is 2. The Hall–Kier alpha value is -2.10. The van der Waals surface area contributed by atoms with Crippen LogP contribution in [0.1, 0.15) is 69.4 Å². The predicted molar refractivity (Wildman–Crippen MR) is 104 cm³/mol. The molecule has 0 saturated carbocycles. The van der Waals surface area contributed by atoms with E-state index < -0.39 is 11.9 Å². The molecule has 26 heavy (non-hydrogen) atoms. The van der Waals surface area contributed by atoms with E-state index in [1.807, 2.05) is 26.0 Å². The van der Waals surface area contributed by atoms with Crippen LogP contribution >= 0.6 is 0 Å². The normalized spacial score (nSPS) is 10.9. The first-order valence-corrected chi connectivity index (χ1v) is 9.67. The molecule has 1 aromatic carbocycles. The van der Waals surface area contributed by atoms with Gasteiger partial charge in [0.15, 0.2) is 0 Å². The highest BCUT2D eigenvalue weighted by Gasteiger charge is 2.06. The zero-order chi connectivity index (χ0) is 19.2. The smallest absolute Gasteiger partial charge is 0.336 e. The van der Waals surface area contributed by atoms with E-state index in [4.69, 9.17) is 9.47 Å². The van der Waals surface area contributed by atoms with Crippen molar-refractivity contribution in [2.75, 3.05) is 6.61 Å². The van der Waals surface area contributed by atoms with Crippen molar-refractivity contribution < 1.29 is 19.1 Å². The second-order valence-electron chi connectivity index (χ2n) is 6.67. The second-order valence-corrected chi connectivity index (χ2v) is 6.67. The molecule has 0 unspecified atom stereocenters. The molecule has 0 heterocycles. The molecule has 0 bridgehead atoms. The largest absolute Gasteiger partial charge is 0.463 e. The van der Waals surface area contributed by atoms with Crippen molar-refractivity contribution in [2.45, 2.75) is 72.1 Å². The molecular weight excluding hydrogens is 328 g/mol. The van der Waals surface area contributed by atoms with E-state index >= 15 is 0 Å². The number of benzene rings is 1. The summed E-state index contributed by atoms with van der Waals surface area (Å²) in [5, 5.41) is 0. The van der Waals surface area contributed by atoms with E-state index in [-0.39, 0.29) is 0 Å². The number of carbonyl (C=O) groups excluding carboxylic acids is 2. The molecule has 0 aromatic heterocycles. The first-order valence-electron chi connectivity index (χ1n) is 9.67. The summed E-state index contributed by atoms with van der Waals surface area (Å²) in [4.78, 5) is 23.4. The van der Waals surface area contributed by atoms with Gasteiger partial charge in [0, 0.05) is 12.2 Å². The van der Waals surface area contributed by atoms with Gasteiger partial charge in [-0.25, -0.2) is 9.59 Å². The number of hydrogen-bond acceptors (Lipinski definition) is 4. The molecule has 1 aromatic rings. The fourth-order valence-corrected chi connectivity index (χ4v) is 2.55. The van der Waals surface area contributed by atoms with E-state index in [0.717, 1.165) is 36.1 Å². The molecule has 0 amide bonds. The first kappa shape index (κ1) is 21.9. The molecule has 4 nitrogen and oxygen atoms in total. The maximum Gasteiger partial charge on any atom is 0.336 e. The summed E-state index contributed by atoms with van der Waals surface area (Å²) >= 11 is 0. The lowest BCUT2D eigenvalue weighted by Crippen LogP contribution is -2.08. The van der Waals surface area contributed by atoms with Crippen LogP contribution < -0.4 is 4.74 Å². The topological polar surface area (TPSA) is 52.6 Å². The first-order chi connectivity index (χ1) is 12.5. The lowest BCUT2D eigenvalue weighted by molar-refractivity contribution is -0.138. The van der Waals surface area contributed by atoms with E-state index in [1.165, 1.54) is 38.5 Å². The van der Waals surface area contributed by atoms with Crippen LogP contribution in [-0.4, -0.2) is 18.5 Å². The third-order valence-electron chi connectivity index (χ3n) is 4.15. The van der Waals surface area contributed by atoms with Crippen molar-refractivity contribution in [3.8, 4) is 5.75 Å². The fourth-order valence-electron chi connectivity index (χ4n) is 2.55. The molecule has 0 N–H and O–H groups in total. The van der Waals surface area contributed by atoms with E-state index in [2.05, 4.69) is 6.92 Å². The van der Waals surface area contributed by atoms with Crippen LogP contribution in [0.4, 0.5) is 0 Å². The number of rotatable bonds is 12. The Labute approximate surface area is 157 Å². The standard InChI is InChI=1S/C22H32O4/c1-4-5-6-7-8-9-10-11-16-25-21(23)14-15-22(24)26-20-17-18(2)12-13-19(20)3/h12-15,17H,4-11,16H2,1-3H3/b15-14+. The van der Waals surface area contributed by atoms with Gasteiger partial charge in [-0.3, -0.25) is 0 Å². The SMILES string of the molecule is CCCCCCCCCCOC(=O)/C=C/C(=O)Oc1cc(C)ccc1C. The molecule has 0 aliphatic heterocycles. The monoisotopic (exact) mass is 360 g/mol. The zero-order valence-corrected chi connectivity index (χ0v) is 16.4. The molecule has 0 aliphatic carbocycles. The van der Waals surface area contributed by atoms with Crippen LogP contribution in [0.25, 0.3) is 0 Å². The van der Waals surface area contributed by atoms with Crippen LogP contribution in [0.5, 0.6) is 5.75 Å². The minimum Gasteiger partial charge on any atom is -0.463 e. The molecule has 0 fully saturated rings. The summed E-state index contributed by atoms with van der Waals surface area (Å²) < 4.78 is 10.3. The van der Waals surface area contributed by atoms with Crippen molar-refractivity contribution in [2.24, 2.45) is 0 Å². The lowest BCUT2D eigenvalue weighted by Gasteiger charge is -2.06. The van der Waals surface area contributed by atoms with Crippen molar-refractivity contribution in [1.29, 1.82) is 0 Å². The Morgan fingerprint density at radius 1 is 0.885 bits per heavy atom. The molecule has 0 atom stereocenters. The van der Waals surface area contributed by atoms with Gasteiger partial charge in [-0.2, -0.15) is 0 Å². The van der Waals surface area contributed by atoms with Gasteiger partial charge in [-0.05, 0) is 37.5 Å². The molecule has 0 spiro atoms. The summed E-state index contributed by atoms with van der Waals surface area (Å²) in [5.41, 5.74) is 1.88. The summed E-state index contributed by atoms with van der Waals surface area (Å²) in [5.74, 6) is -0.583. The van der Waals surface area contributed by atoms with Crippen LogP contribution in [0.3, 0.4) is 0 Å². The van der Waals surface area contributed by atoms with Gasteiger partial charge >= 0.3 is 11.9 Å². The van der Waals surface area contributed by atoms with Gasteiger partial charge in [0.1, 0.15) is 5.75 Å². The highest BCUT2D eigenvalue weighted by molar-refractivity contribution is 5.92. The molecule has 4 heteroatoms. The summed E-state index contributed by atoms with van der Waals surface area (Å²) in [6.45, 7) is 6.40. The van der Waals surface area contributed by atoms with E-state index in [0.29, 0.717) is 12.4 Å². The highest BCUT2D eigenvalue weighted by Crippen LogP contribution is 2.19. The predicted octanol–water partition coefficient (Wildman–Crippen LogP) is 5.45. The Kier molecular flexibility index (Phi) is 11.1. The van der Waals surface area contributed by atoms with Crippen molar-refractivity contribution in [3.63, 3.8) is 0 Å². The lowest BCUT2D eigenvalue weighted by atomic mass is 10.1. The molecule has 0 radical (unpaired) electrons. The third-order valence-corrected chi connectivity index (χ3v) is 4.15. The van der Waals surface area contributed by atoms with Crippen LogP contribution in [0.2, 0.25) is 0 Å². The average molecular weight is 360 g/mol. The Bertz CT molecular complexity index is 590. The van der Waals surface area contributed by atoms with Gasteiger partial charge in [-0.1, -0.05) is 64.0 Å². The minimum atomic E-state index is -0.581. The highest BCUT2D eigenvalue weighted by atomic mass is 16.5. The average Bonchev–Trinajstić information content (AvgIpc) is 2.61. The van der Waals surface area contributed by atoms with E-state index in [9.17, 15) is 9.59 Å². The Morgan fingerprint density at radius 3 is 2.19 bits per heavy atom. The maximum absolute atomic E-state index is 11.8. The summed E-state index contributed by atoms with van der Waals surface area (Å²) in [6.07, 6.45) is 11.8. The Morgan fingerprint density at radius 2 is 1.50 bits per heavy atom. The van der Waals surface area contributed by atoms with Gasteiger partial charge in [-0.15, -0.1) is 0 Å². The molecule has 0 saturated heterocycles. The molecule has 1 rings (SSSR count). The van der Waals surface area contributed by atoms with Crippen LogP contribution in [-0.2, 0) is 14.3 Å². The third kappa shape index (κ3) is 10.0. The van der Waals surface area contributed by atoms with E-state index in [1.54, 1.807) is 6.07 Å². The van der Waals surface area contributed by atoms with Crippen molar-refractivity contribution in [3.05, 3.63) is 41.5 Å². The van der Waals surface area contributed by atoms with Gasteiger partial charge < -0.3 is 9.47 Å². The number of carbonyl (C=O) groups is 2.